The molecule has 3 N–H and O–H groups in total. The lowest BCUT2D eigenvalue weighted by atomic mass is 10.0. The largest absolute Gasteiger partial charge is 0.387 e. The minimum atomic E-state index is -0.975. The molecule has 5 nitrogen and oxygen atoms in total. The van der Waals surface area contributed by atoms with Crippen molar-refractivity contribution in [3.8, 4) is 0 Å². The van der Waals surface area contributed by atoms with Crippen LogP contribution < -0.4 is 5.73 Å². The van der Waals surface area contributed by atoms with Gasteiger partial charge in [-0.1, -0.05) is 12.1 Å². The van der Waals surface area contributed by atoms with E-state index in [2.05, 4.69) is 0 Å². The highest BCUT2D eigenvalue weighted by molar-refractivity contribution is 5.46. The molecule has 1 atom stereocenters. The molecule has 0 aliphatic rings. The number of benzene rings is 1. The van der Waals surface area contributed by atoms with Crippen LogP contribution in [0.25, 0.3) is 0 Å². The second-order valence-corrected chi connectivity index (χ2v) is 3.02. The first-order chi connectivity index (χ1) is 6.57. The first-order valence-corrected chi connectivity index (χ1v) is 4.20. The molecule has 0 radical (unpaired) electrons. The Morgan fingerprint density at radius 1 is 1.64 bits per heavy atom. The molecule has 0 aliphatic carbocycles. The molecule has 0 saturated carbocycles. The second-order valence-electron chi connectivity index (χ2n) is 3.02. The van der Waals surface area contributed by atoms with Crippen LogP contribution in [0.3, 0.4) is 0 Å². The molecular weight excluding hydrogens is 184 g/mol. The molecular formula is C9H12N2O3. The molecule has 0 aliphatic heterocycles. The average molecular weight is 196 g/mol. The Morgan fingerprint density at radius 3 is 2.79 bits per heavy atom. The van der Waals surface area contributed by atoms with Gasteiger partial charge in [-0.15, -0.1) is 0 Å². The molecule has 0 spiro atoms. The van der Waals surface area contributed by atoms with E-state index in [-0.39, 0.29) is 12.2 Å². The number of hydrogen-bond donors (Lipinski definition) is 2. The monoisotopic (exact) mass is 196 g/mol. The van der Waals surface area contributed by atoms with Crippen LogP contribution in [0.2, 0.25) is 0 Å². The summed E-state index contributed by atoms with van der Waals surface area (Å²) in [4.78, 5) is 10.1. The number of aliphatic hydroxyl groups is 1. The summed E-state index contributed by atoms with van der Waals surface area (Å²) in [6, 6.07) is 4.66. The number of nitro benzene ring substituents is 1. The van der Waals surface area contributed by atoms with Crippen molar-refractivity contribution >= 4 is 5.69 Å². The highest BCUT2D eigenvalue weighted by Crippen LogP contribution is 2.27. The maximum Gasteiger partial charge on any atom is 0.275 e. The number of aliphatic hydroxyl groups excluding tert-OH is 1. The van der Waals surface area contributed by atoms with Crippen molar-refractivity contribution in [2.75, 3.05) is 6.54 Å². The van der Waals surface area contributed by atoms with E-state index >= 15 is 0 Å². The standard InChI is InChI=1S/C9H12N2O3/c1-6-3-2-4-7(11(13)14)9(6)8(12)5-10/h2-4,8,12H,5,10H2,1H3/t8-/m0/s1. The SMILES string of the molecule is Cc1cccc([N+](=O)[O-])c1[C@@H](O)CN. The van der Waals surface area contributed by atoms with Crippen LogP contribution >= 0.6 is 0 Å². The Morgan fingerprint density at radius 2 is 2.29 bits per heavy atom. The van der Waals surface area contributed by atoms with Crippen LogP contribution in [-0.4, -0.2) is 16.6 Å². The van der Waals surface area contributed by atoms with Gasteiger partial charge in [-0.05, 0) is 12.5 Å². The van der Waals surface area contributed by atoms with Crippen molar-refractivity contribution in [2.45, 2.75) is 13.0 Å². The molecule has 14 heavy (non-hydrogen) atoms. The van der Waals surface area contributed by atoms with E-state index < -0.39 is 11.0 Å². The molecule has 0 bridgehead atoms. The highest BCUT2D eigenvalue weighted by Gasteiger charge is 2.20. The van der Waals surface area contributed by atoms with Gasteiger partial charge in [0.2, 0.25) is 0 Å². The van der Waals surface area contributed by atoms with Crippen molar-refractivity contribution in [1.29, 1.82) is 0 Å². The third-order valence-electron chi connectivity index (χ3n) is 2.05. The van der Waals surface area contributed by atoms with Crippen LogP contribution in [0.1, 0.15) is 17.2 Å². The van der Waals surface area contributed by atoms with Gasteiger partial charge < -0.3 is 10.8 Å². The summed E-state index contributed by atoms with van der Waals surface area (Å²) >= 11 is 0. The number of nitrogens with two attached hydrogens (primary N) is 1. The number of rotatable bonds is 3. The molecule has 1 aromatic carbocycles. The number of nitro groups is 1. The lowest BCUT2D eigenvalue weighted by molar-refractivity contribution is -0.386. The van der Waals surface area contributed by atoms with E-state index in [1.165, 1.54) is 6.07 Å². The van der Waals surface area contributed by atoms with Crippen molar-refractivity contribution in [3.05, 3.63) is 39.4 Å². The van der Waals surface area contributed by atoms with E-state index in [0.29, 0.717) is 11.1 Å². The quantitative estimate of drug-likeness (QED) is 0.555. The summed E-state index contributed by atoms with van der Waals surface area (Å²) < 4.78 is 0. The van der Waals surface area contributed by atoms with Crippen molar-refractivity contribution in [1.82, 2.24) is 0 Å². The van der Waals surface area contributed by atoms with Crippen LogP contribution in [0.5, 0.6) is 0 Å². The molecule has 0 aromatic heterocycles. The van der Waals surface area contributed by atoms with E-state index in [0.717, 1.165) is 0 Å². The Kier molecular flexibility index (Phi) is 3.16. The summed E-state index contributed by atoms with van der Waals surface area (Å²) in [5.74, 6) is 0. The molecule has 0 saturated heterocycles. The maximum atomic E-state index is 10.6. The Labute approximate surface area is 81.3 Å². The summed E-state index contributed by atoms with van der Waals surface area (Å²) in [5, 5.41) is 20.2. The van der Waals surface area contributed by atoms with Crippen molar-refractivity contribution in [3.63, 3.8) is 0 Å². The predicted molar refractivity (Wildman–Crippen MR) is 51.8 cm³/mol. The molecule has 76 valence electrons. The summed E-state index contributed by atoms with van der Waals surface area (Å²) in [6.45, 7) is 1.69. The number of aryl methyl sites for hydroxylation is 1. The molecule has 0 fully saturated rings. The molecule has 0 amide bonds. The zero-order valence-corrected chi connectivity index (χ0v) is 7.80. The van der Waals surface area contributed by atoms with E-state index in [1.54, 1.807) is 19.1 Å². The van der Waals surface area contributed by atoms with E-state index in [9.17, 15) is 15.2 Å². The van der Waals surface area contributed by atoms with Crippen LogP contribution in [0.4, 0.5) is 5.69 Å². The smallest absolute Gasteiger partial charge is 0.275 e. The molecule has 5 heteroatoms. The average Bonchev–Trinajstić information content (AvgIpc) is 2.16. The fourth-order valence-electron chi connectivity index (χ4n) is 1.38. The first-order valence-electron chi connectivity index (χ1n) is 4.20. The van der Waals surface area contributed by atoms with Crippen LogP contribution in [0, 0.1) is 17.0 Å². The number of hydrogen-bond acceptors (Lipinski definition) is 4. The second kappa shape index (κ2) is 4.17. The predicted octanol–water partition coefficient (Wildman–Crippen LogP) is 0.895. The van der Waals surface area contributed by atoms with Crippen molar-refractivity contribution in [2.24, 2.45) is 5.73 Å². The van der Waals surface area contributed by atoms with Gasteiger partial charge in [-0.3, -0.25) is 10.1 Å². The van der Waals surface area contributed by atoms with Gasteiger partial charge >= 0.3 is 0 Å². The molecule has 1 rings (SSSR count). The minimum absolute atomic E-state index is 0.0221. The lowest BCUT2D eigenvalue weighted by Crippen LogP contribution is -2.14. The van der Waals surface area contributed by atoms with E-state index in [1.807, 2.05) is 0 Å². The van der Waals surface area contributed by atoms with Gasteiger partial charge in [-0.2, -0.15) is 0 Å². The van der Waals surface area contributed by atoms with Gasteiger partial charge in [0.05, 0.1) is 16.6 Å². The van der Waals surface area contributed by atoms with Gasteiger partial charge in [0.1, 0.15) is 0 Å². The summed E-state index contributed by atoms with van der Waals surface area (Å²) in [5.41, 5.74) is 6.17. The lowest BCUT2D eigenvalue weighted by Gasteiger charge is -2.11. The summed E-state index contributed by atoms with van der Waals surface area (Å²) in [7, 11) is 0. The third kappa shape index (κ3) is 1.89. The fourth-order valence-corrected chi connectivity index (χ4v) is 1.38. The Balaban J connectivity index is 3.29. The van der Waals surface area contributed by atoms with Gasteiger partial charge in [0, 0.05) is 12.6 Å². The van der Waals surface area contributed by atoms with Gasteiger partial charge in [0.15, 0.2) is 0 Å². The Bertz CT molecular complexity index is 352. The molecule has 0 unspecified atom stereocenters. The zero-order chi connectivity index (χ0) is 10.7. The Hall–Kier alpha value is -1.46. The normalized spacial score (nSPS) is 12.5. The van der Waals surface area contributed by atoms with Crippen LogP contribution in [0.15, 0.2) is 18.2 Å². The minimum Gasteiger partial charge on any atom is -0.387 e. The molecule has 0 heterocycles. The van der Waals surface area contributed by atoms with Gasteiger partial charge in [0.25, 0.3) is 5.69 Å². The maximum absolute atomic E-state index is 10.6. The zero-order valence-electron chi connectivity index (χ0n) is 7.80. The van der Waals surface area contributed by atoms with Crippen LogP contribution in [-0.2, 0) is 0 Å². The third-order valence-corrected chi connectivity index (χ3v) is 2.05. The first kappa shape index (κ1) is 10.6. The van der Waals surface area contributed by atoms with Crippen molar-refractivity contribution < 1.29 is 10.0 Å². The summed E-state index contributed by atoms with van der Waals surface area (Å²) in [6.07, 6.45) is -0.975. The van der Waals surface area contributed by atoms with Gasteiger partial charge in [-0.25, -0.2) is 0 Å². The fraction of sp³-hybridized carbons (Fsp3) is 0.333. The molecule has 1 aromatic rings. The highest BCUT2D eigenvalue weighted by atomic mass is 16.6. The number of nitrogens with zero attached hydrogens (tertiary/aromatic N) is 1. The topological polar surface area (TPSA) is 89.4 Å². The van der Waals surface area contributed by atoms with E-state index in [4.69, 9.17) is 5.73 Å².